The fraction of sp³-hybridized carbons (Fsp3) is 0.625. The number of imidazole rings is 1. The van der Waals surface area contributed by atoms with E-state index in [0.717, 1.165) is 6.54 Å². The molecule has 0 N–H and O–H groups in total. The Hall–Kier alpha value is 1.24. The van der Waals surface area contributed by atoms with Gasteiger partial charge in [-0.25, -0.2) is 9.13 Å². The van der Waals surface area contributed by atoms with Crippen LogP contribution >= 0.6 is 25.7 Å². The van der Waals surface area contributed by atoms with Crippen molar-refractivity contribution in [1.82, 2.24) is 4.57 Å². The van der Waals surface area contributed by atoms with E-state index in [1.807, 2.05) is 7.05 Å². The fourth-order valence-corrected chi connectivity index (χ4v) is 0.975. The summed E-state index contributed by atoms with van der Waals surface area (Å²) in [6, 6.07) is 0. The number of aromatic nitrogens is 2. The first kappa shape index (κ1) is 18.6. The van der Waals surface area contributed by atoms with Gasteiger partial charge in [-0.2, -0.15) is 0 Å². The van der Waals surface area contributed by atoms with E-state index < -0.39 is 17.9 Å². The summed E-state index contributed by atoms with van der Waals surface area (Å²) < 4.78 is 4.28. The first-order valence-corrected chi connectivity index (χ1v) is 17.0. The molecule has 7 heteroatoms. The van der Waals surface area contributed by atoms with Crippen molar-refractivity contribution in [1.29, 1.82) is 0 Å². The Morgan fingerprint density at radius 3 is 2.20 bits per heavy atom. The molecule has 2 nitrogen and oxygen atoms in total. The van der Waals surface area contributed by atoms with Crippen LogP contribution in [0.3, 0.4) is 0 Å². The van der Waals surface area contributed by atoms with Crippen molar-refractivity contribution in [3.63, 3.8) is 0 Å². The van der Waals surface area contributed by atoms with Crippen molar-refractivity contribution in [2.75, 3.05) is 0 Å². The average molecular weight is 396 g/mol. The van der Waals surface area contributed by atoms with Crippen LogP contribution in [0, 0.1) is 0 Å². The van der Waals surface area contributed by atoms with Gasteiger partial charge < -0.3 is 12.4 Å². The monoisotopic (exact) mass is 394 g/mol. The van der Waals surface area contributed by atoms with Crippen molar-refractivity contribution in [2.24, 2.45) is 7.05 Å². The van der Waals surface area contributed by atoms with Gasteiger partial charge in [0.2, 0.25) is 6.33 Å². The summed E-state index contributed by atoms with van der Waals surface area (Å²) in [7, 11) is 17.1. The van der Waals surface area contributed by atoms with Gasteiger partial charge in [0.05, 0.1) is 13.6 Å². The van der Waals surface area contributed by atoms with E-state index >= 15 is 0 Å². The second-order valence-electron chi connectivity index (χ2n) is 2.92. The molecule has 15 heavy (non-hydrogen) atoms. The molecule has 0 amide bonds. The molecule has 0 radical (unpaired) electrons. The molecule has 0 aromatic carbocycles. The maximum atomic E-state index is 5.02. The summed E-state index contributed by atoms with van der Waals surface area (Å²) in [4.78, 5) is 0. The molecule has 0 saturated heterocycles. The number of aryl methyl sites for hydroxylation is 2. The summed E-state index contributed by atoms with van der Waals surface area (Å²) in [5, 5.41) is 0. The van der Waals surface area contributed by atoms with Crippen molar-refractivity contribution in [3.05, 3.63) is 18.7 Å². The second-order valence-corrected chi connectivity index (χ2v) is 17.6. The molecule has 0 saturated carbocycles. The first-order valence-electron chi connectivity index (χ1n) is 4.49. The molecule has 0 unspecified atom stereocenters. The molecule has 88 valence electrons. The van der Waals surface area contributed by atoms with Crippen LogP contribution in [-0.2, 0) is 13.6 Å². The minimum absolute atomic E-state index is 0. The predicted octanol–water partition coefficient (Wildman–Crippen LogP) is -0.196. The summed E-state index contributed by atoms with van der Waals surface area (Å²) in [6.07, 6.45) is 8.82. The van der Waals surface area contributed by atoms with Crippen LogP contribution in [0.5, 0.6) is 0 Å². The Bertz CT molecular complexity index is 240. The molecule has 0 atom stereocenters. The van der Waals surface area contributed by atoms with E-state index in [0.29, 0.717) is 0 Å². The molecule has 0 bridgehead atoms. The minimum atomic E-state index is -2.22. The molecular formula is C8H15Cl4InN2. The summed E-state index contributed by atoms with van der Waals surface area (Å²) in [6.45, 7) is 3.36. The quantitative estimate of drug-likeness (QED) is 0.627. The maximum absolute atomic E-state index is 5.02. The van der Waals surface area contributed by atoms with Gasteiger partial charge in [0.25, 0.3) is 0 Å². The first-order chi connectivity index (χ1) is 6.56. The Balaban J connectivity index is 0. The Kier molecular flexibility index (Phi) is 14.5. The summed E-state index contributed by atoms with van der Waals surface area (Å²) in [5.41, 5.74) is 0. The predicted molar refractivity (Wildman–Crippen MR) is 63.8 cm³/mol. The SMILES string of the molecule is CCCCn1cc[n+](C)c1.[Cl-].[Cl][In]([Cl])[Cl]. The fourth-order valence-electron chi connectivity index (χ4n) is 0.975. The Morgan fingerprint density at radius 2 is 1.87 bits per heavy atom. The van der Waals surface area contributed by atoms with Gasteiger partial charge in [-0.15, -0.1) is 0 Å². The third kappa shape index (κ3) is 13.2. The Morgan fingerprint density at radius 1 is 1.33 bits per heavy atom. The van der Waals surface area contributed by atoms with Gasteiger partial charge >= 0.3 is 43.6 Å². The molecule has 1 aromatic rings. The normalized spacial score (nSPS) is 8.60. The van der Waals surface area contributed by atoms with Crippen molar-refractivity contribution < 1.29 is 17.0 Å². The molecule has 0 aliphatic carbocycles. The van der Waals surface area contributed by atoms with E-state index in [1.54, 1.807) is 0 Å². The second kappa shape index (κ2) is 11.7. The van der Waals surface area contributed by atoms with Crippen LogP contribution in [0.1, 0.15) is 19.8 Å². The zero-order valence-corrected chi connectivity index (χ0v) is 15.2. The molecule has 0 aliphatic heterocycles. The molecule has 1 rings (SSSR count). The standard InChI is InChI=1S/C8H15N2.4ClH.In/c1-3-4-5-10-7-6-9(2)8-10;;;;;/h6-8H,3-5H2,1-2H3;4*1H;/q+1;;;;;+3/p-4. The van der Waals surface area contributed by atoms with Crippen LogP contribution in [-0.4, -0.2) is 22.5 Å². The molecule has 1 aromatic heterocycles. The molecule has 1 heterocycles. The number of rotatable bonds is 3. The van der Waals surface area contributed by atoms with Gasteiger partial charge in [0, 0.05) is 0 Å². The van der Waals surface area contributed by atoms with E-state index in [-0.39, 0.29) is 12.4 Å². The molecule has 0 fully saturated rings. The van der Waals surface area contributed by atoms with Gasteiger partial charge in [-0.3, -0.25) is 0 Å². The summed E-state index contributed by atoms with van der Waals surface area (Å²) in [5.74, 6) is 0. The zero-order valence-electron chi connectivity index (χ0n) is 8.84. The van der Waals surface area contributed by atoms with Crippen LogP contribution in [0.2, 0.25) is 0 Å². The number of unbranched alkanes of at least 4 members (excludes halogenated alkanes) is 1. The third-order valence-electron chi connectivity index (χ3n) is 1.59. The average Bonchev–Trinajstić information content (AvgIpc) is 2.47. The van der Waals surface area contributed by atoms with Crippen LogP contribution in [0.25, 0.3) is 0 Å². The zero-order chi connectivity index (χ0) is 11.0. The Labute approximate surface area is 116 Å². The van der Waals surface area contributed by atoms with Crippen LogP contribution in [0.15, 0.2) is 18.7 Å². The molecule has 0 spiro atoms. The number of hydrogen-bond donors (Lipinski definition) is 0. The summed E-state index contributed by atoms with van der Waals surface area (Å²) >= 11 is -2.22. The van der Waals surface area contributed by atoms with Gasteiger partial charge in [0.1, 0.15) is 12.4 Å². The molecular weight excluding hydrogens is 381 g/mol. The van der Waals surface area contributed by atoms with Crippen LogP contribution in [0.4, 0.5) is 0 Å². The van der Waals surface area contributed by atoms with E-state index in [1.165, 1.54) is 12.8 Å². The molecule has 0 aliphatic rings. The van der Waals surface area contributed by atoms with Crippen LogP contribution < -0.4 is 17.0 Å². The topological polar surface area (TPSA) is 8.81 Å². The third-order valence-corrected chi connectivity index (χ3v) is 1.59. The van der Waals surface area contributed by atoms with E-state index in [9.17, 15) is 0 Å². The number of hydrogen-bond acceptors (Lipinski definition) is 0. The van der Waals surface area contributed by atoms with Gasteiger partial charge in [0.15, 0.2) is 0 Å². The van der Waals surface area contributed by atoms with Gasteiger partial charge in [-0.1, -0.05) is 13.3 Å². The number of halogens is 4. The van der Waals surface area contributed by atoms with Gasteiger partial charge in [-0.05, 0) is 6.42 Å². The van der Waals surface area contributed by atoms with E-state index in [4.69, 9.17) is 25.7 Å². The number of nitrogens with zero attached hydrogens (tertiary/aromatic N) is 2. The van der Waals surface area contributed by atoms with Crippen molar-refractivity contribution >= 4 is 43.6 Å². The van der Waals surface area contributed by atoms with E-state index in [2.05, 4.69) is 34.8 Å². The van der Waals surface area contributed by atoms with Crippen molar-refractivity contribution in [3.8, 4) is 0 Å². The van der Waals surface area contributed by atoms with Crippen molar-refractivity contribution in [2.45, 2.75) is 26.3 Å².